The molecule has 1 rings (SSSR count). The number of hydrogen-bond donors (Lipinski definition) is 2. The molecular formula is C9H15F4NO. The van der Waals surface area contributed by atoms with Crippen molar-refractivity contribution in [3.8, 4) is 0 Å². The van der Waals surface area contributed by atoms with Crippen molar-refractivity contribution in [2.45, 2.75) is 43.6 Å². The first-order valence-corrected chi connectivity index (χ1v) is 4.95. The van der Waals surface area contributed by atoms with Crippen LogP contribution in [0.15, 0.2) is 0 Å². The molecule has 15 heavy (non-hydrogen) atoms. The van der Waals surface area contributed by atoms with Gasteiger partial charge in [-0.15, -0.1) is 0 Å². The highest BCUT2D eigenvalue weighted by Crippen LogP contribution is 2.29. The Hall–Kier alpha value is -0.360. The summed E-state index contributed by atoms with van der Waals surface area (Å²) in [6.07, 6.45) is -0.879. The molecule has 1 fully saturated rings. The van der Waals surface area contributed by atoms with Gasteiger partial charge in [-0.1, -0.05) is 12.8 Å². The zero-order valence-electron chi connectivity index (χ0n) is 8.28. The molecule has 0 unspecified atom stereocenters. The fraction of sp³-hybridized carbons (Fsp3) is 1.00. The maximum Gasteiger partial charge on any atom is 0.319 e. The largest absolute Gasteiger partial charge is 0.389 e. The van der Waals surface area contributed by atoms with Gasteiger partial charge in [0.2, 0.25) is 0 Å². The van der Waals surface area contributed by atoms with Crippen molar-refractivity contribution in [3.05, 3.63) is 0 Å². The van der Waals surface area contributed by atoms with Gasteiger partial charge in [-0.25, -0.2) is 8.78 Å². The quantitative estimate of drug-likeness (QED) is 0.704. The molecule has 0 heterocycles. The first-order chi connectivity index (χ1) is 6.86. The Morgan fingerprint density at radius 2 is 1.80 bits per heavy atom. The topological polar surface area (TPSA) is 32.3 Å². The molecule has 0 bridgehead atoms. The third kappa shape index (κ3) is 3.61. The Labute approximate surface area is 85.7 Å². The van der Waals surface area contributed by atoms with Crippen LogP contribution in [0.3, 0.4) is 0 Å². The third-order valence-corrected chi connectivity index (χ3v) is 2.67. The van der Waals surface area contributed by atoms with Gasteiger partial charge in [-0.2, -0.15) is 8.78 Å². The summed E-state index contributed by atoms with van der Waals surface area (Å²) in [5.41, 5.74) is -0.988. The average molecular weight is 229 g/mol. The number of hydrogen-bond acceptors (Lipinski definition) is 2. The monoisotopic (exact) mass is 229 g/mol. The Kier molecular flexibility index (Phi) is 3.94. The molecule has 0 aromatic carbocycles. The summed E-state index contributed by atoms with van der Waals surface area (Å²) in [5.74, 6) is -4.02. The molecule has 0 amide bonds. The van der Waals surface area contributed by atoms with E-state index in [4.69, 9.17) is 0 Å². The van der Waals surface area contributed by atoms with Gasteiger partial charge in [0, 0.05) is 6.54 Å². The van der Waals surface area contributed by atoms with Gasteiger partial charge >= 0.3 is 12.3 Å². The number of halogens is 4. The van der Waals surface area contributed by atoms with Crippen LogP contribution < -0.4 is 5.32 Å². The van der Waals surface area contributed by atoms with Crippen LogP contribution in [0.25, 0.3) is 0 Å². The fourth-order valence-electron chi connectivity index (χ4n) is 1.75. The summed E-state index contributed by atoms with van der Waals surface area (Å²) < 4.78 is 48.4. The molecule has 1 aliphatic carbocycles. The highest BCUT2D eigenvalue weighted by Gasteiger charge is 2.41. The molecule has 90 valence electrons. The van der Waals surface area contributed by atoms with Crippen LogP contribution in [0.4, 0.5) is 17.6 Å². The molecule has 2 nitrogen and oxygen atoms in total. The fourth-order valence-corrected chi connectivity index (χ4v) is 1.75. The minimum absolute atomic E-state index is 0.0463. The molecule has 1 saturated carbocycles. The van der Waals surface area contributed by atoms with Crippen molar-refractivity contribution < 1.29 is 22.7 Å². The highest BCUT2D eigenvalue weighted by atomic mass is 19.3. The smallest absolute Gasteiger partial charge is 0.319 e. The van der Waals surface area contributed by atoms with Crippen LogP contribution in [0, 0.1) is 0 Å². The van der Waals surface area contributed by atoms with Gasteiger partial charge in [0.05, 0.1) is 12.1 Å². The maximum absolute atomic E-state index is 12.5. The maximum atomic E-state index is 12.5. The lowest BCUT2D eigenvalue weighted by Gasteiger charge is -2.24. The van der Waals surface area contributed by atoms with E-state index in [1.165, 1.54) is 0 Å². The van der Waals surface area contributed by atoms with Gasteiger partial charge < -0.3 is 10.4 Å². The van der Waals surface area contributed by atoms with Crippen LogP contribution in [0.1, 0.15) is 25.7 Å². The minimum atomic E-state index is -4.02. The Morgan fingerprint density at radius 1 is 1.27 bits per heavy atom. The van der Waals surface area contributed by atoms with Crippen molar-refractivity contribution in [3.63, 3.8) is 0 Å². The Morgan fingerprint density at radius 3 is 2.27 bits per heavy atom. The van der Waals surface area contributed by atoms with E-state index in [1.54, 1.807) is 0 Å². The molecular weight excluding hydrogens is 214 g/mol. The third-order valence-electron chi connectivity index (χ3n) is 2.67. The predicted molar refractivity (Wildman–Crippen MR) is 47.2 cm³/mol. The molecule has 0 radical (unpaired) electrons. The predicted octanol–water partition coefficient (Wildman–Crippen LogP) is 1.78. The second-order valence-electron chi connectivity index (χ2n) is 4.10. The van der Waals surface area contributed by atoms with Crippen LogP contribution in [-0.2, 0) is 0 Å². The molecule has 0 atom stereocenters. The number of alkyl halides is 4. The molecule has 2 N–H and O–H groups in total. The van der Waals surface area contributed by atoms with Crippen molar-refractivity contribution in [2.75, 3.05) is 13.1 Å². The van der Waals surface area contributed by atoms with E-state index >= 15 is 0 Å². The Bertz CT molecular complexity index is 200. The van der Waals surface area contributed by atoms with E-state index in [0.717, 1.165) is 12.8 Å². The Balaban J connectivity index is 2.26. The van der Waals surface area contributed by atoms with Gasteiger partial charge in [-0.3, -0.25) is 0 Å². The molecule has 0 spiro atoms. The molecule has 1 aliphatic rings. The molecule has 0 aromatic rings. The summed E-state index contributed by atoms with van der Waals surface area (Å²) in [6.45, 7) is -1.14. The summed E-state index contributed by atoms with van der Waals surface area (Å²) in [6, 6.07) is 0. The second-order valence-corrected chi connectivity index (χ2v) is 4.10. The number of nitrogens with one attached hydrogen (secondary N) is 1. The van der Waals surface area contributed by atoms with Gasteiger partial charge in [0.1, 0.15) is 0 Å². The van der Waals surface area contributed by atoms with E-state index in [0.29, 0.717) is 12.8 Å². The first-order valence-electron chi connectivity index (χ1n) is 4.95. The average Bonchev–Trinajstić information content (AvgIpc) is 2.51. The van der Waals surface area contributed by atoms with E-state index in [-0.39, 0.29) is 6.54 Å². The summed E-state index contributed by atoms with van der Waals surface area (Å²) in [5, 5.41) is 11.9. The molecule has 0 aromatic heterocycles. The van der Waals surface area contributed by atoms with Crippen LogP contribution >= 0.6 is 0 Å². The molecule has 0 saturated heterocycles. The zero-order chi connectivity index (χ0) is 11.5. The first kappa shape index (κ1) is 12.7. The lowest BCUT2D eigenvalue weighted by atomic mass is 10.0. The van der Waals surface area contributed by atoms with E-state index in [2.05, 4.69) is 5.32 Å². The minimum Gasteiger partial charge on any atom is -0.389 e. The SMILES string of the molecule is OC1(CNCC(F)(F)C(F)F)CCCC1. The van der Waals surface area contributed by atoms with E-state index in [9.17, 15) is 22.7 Å². The van der Waals surface area contributed by atoms with E-state index in [1.807, 2.05) is 0 Å². The van der Waals surface area contributed by atoms with Crippen LogP contribution in [0.2, 0.25) is 0 Å². The standard InChI is InChI=1S/C9H15F4NO/c10-7(11)9(12,13)6-14-5-8(15)3-1-2-4-8/h7,14-15H,1-6H2. The lowest BCUT2D eigenvalue weighted by molar-refractivity contribution is -0.126. The summed E-state index contributed by atoms with van der Waals surface area (Å²) in [4.78, 5) is 0. The lowest BCUT2D eigenvalue weighted by Crippen LogP contribution is -2.45. The van der Waals surface area contributed by atoms with Crippen molar-refractivity contribution >= 4 is 0 Å². The molecule has 0 aliphatic heterocycles. The zero-order valence-corrected chi connectivity index (χ0v) is 8.28. The van der Waals surface area contributed by atoms with Crippen molar-refractivity contribution in [1.82, 2.24) is 5.32 Å². The van der Waals surface area contributed by atoms with Crippen molar-refractivity contribution in [2.24, 2.45) is 0 Å². The van der Waals surface area contributed by atoms with Gasteiger partial charge in [0.15, 0.2) is 0 Å². The van der Waals surface area contributed by atoms with Gasteiger partial charge in [-0.05, 0) is 12.8 Å². The second kappa shape index (κ2) is 4.65. The van der Waals surface area contributed by atoms with E-state index < -0.39 is 24.5 Å². The molecule has 6 heteroatoms. The highest BCUT2D eigenvalue weighted by molar-refractivity contribution is 4.87. The number of aliphatic hydroxyl groups is 1. The van der Waals surface area contributed by atoms with Gasteiger partial charge in [0.25, 0.3) is 0 Å². The normalized spacial score (nSPS) is 21.2. The van der Waals surface area contributed by atoms with Crippen LogP contribution in [0.5, 0.6) is 0 Å². The summed E-state index contributed by atoms with van der Waals surface area (Å²) >= 11 is 0. The number of rotatable bonds is 5. The van der Waals surface area contributed by atoms with Crippen molar-refractivity contribution in [1.29, 1.82) is 0 Å². The summed E-state index contributed by atoms with van der Waals surface area (Å²) in [7, 11) is 0. The van der Waals surface area contributed by atoms with Crippen LogP contribution in [-0.4, -0.2) is 36.1 Å².